The van der Waals surface area contributed by atoms with E-state index in [-0.39, 0.29) is 23.0 Å². The highest BCUT2D eigenvalue weighted by Crippen LogP contribution is 2.32. The summed E-state index contributed by atoms with van der Waals surface area (Å²) in [6, 6.07) is 10.5. The Kier molecular flexibility index (Phi) is 8.89. The number of anilines is 1. The van der Waals surface area contributed by atoms with Crippen molar-refractivity contribution >= 4 is 42.6 Å². The molecule has 10 heteroatoms. The van der Waals surface area contributed by atoms with Gasteiger partial charge < -0.3 is 9.64 Å². The molecule has 0 aliphatic carbocycles. The molecule has 1 amide bonds. The Balaban J connectivity index is 1.63. The molecule has 4 rings (SSSR count). The molecule has 3 aromatic rings. The minimum Gasteiger partial charge on any atom is -0.373 e. The van der Waals surface area contributed by atoms with E-state index >= 15 is 0 Å². The normalized spacial score (nSPS) is 18.8. The summed E-state index contributed by atoms with van der Waals surface area (Å²) in [4.78, 5) is 22.8. The maximum absolute atomic E-state index is 13.8. The second-order valence-electron chi connectivity index (χ2n) is 10.0. The average Bonchev–Trinajstić information content (AvgIpc) is 3.30. The molecule has 0 bridgehead atoms. The first-order valence-corrected chi connectivity index (χ1v) is 15.5. The Morgan fingerprint density at radius 2 is 1.68 bits per heavy atom. The van der Waals surface area contributed by atoms with Crippen LogP contribution in [0.3, 0.4) is 0 Å². The van der Waals surface area contributed by atoms with E-state index in [1.54, 1.807) is 17.0 Å². The number of rotatable bonds is 9. The standard InChI is InChI=1S/C28H38N4O4S2/c1-7-30(8-2)13-14-32(28-29-26-20(4)15-19(3)16-25(26)37-28)27(33)23-9-11-24(12-10-23)38(34,35)31-17-21(5)36-22(6)18-31/h9-12,15-16,21-22H,7-8,13-14,17-18H2,1-6H3. The Labute approximate surface area is 230 Å². The molecule has 0 saturated carbocycles. The monoisotopic (exact) mass is 558 g/mol. The zero-order valence-corrected chi connectivity index (χ0v) is 24.7. The van der Waals surface area contributed by atoms with E-state index in [1.807, 2.05) is 20.8 Å². The van der Waals surface area contributed by atoms with E-state index in [4.69, 9.17) is 9.72 Å². The third-order valence-corrected chi connectivity index (χ3v) is 9.83. The summed E-state index contributed by atoms with van der Waals surface area (Å²) in [6.45, 7) is 15.7. The zero-order valence-electron chi connectivity index (χ0n) is 23.1. The number of carbonyl (C=O) groups excluding carboxylic acids is 1. The molecule has 0 N–H and O–H groups in total. The van der Waals surface area contributed by atoms with Gasteiger partial charge in [-0.25, -0.2) is 13.4 Å². The molecule has 2 atom stereocenters. The van der Waals surface area contributed by atoms with Crippen molar-refractivity contribution < 1.29 is 17.9 Å². The number of likely N-dealkylation sites (N-methyl/N-ethyl adjacent to an activating group) is 1. The van der Waals surface area contributed by atoms with Crippen LogP contribution in [0.5, 0.6) is 0 Å². The molecular formula is C28H38N4O4S2. The number of aryl methyl sites for hydroxylation is 2. The second-order valence-corrected chi connectivity index (χ2v) is 13.0. The number of ether oxygens (including phenoxy) is 1. The van der Waals surface area contributed by atoms with Gasteiger partial charge in [0.05, 0.1) is 27.3 Å². The number of thiazole rings is 1. The second kappa shape index (κ2) is 11.8. The van der Waals surface area contributed by atoms with Crippen LogP contribution >= 0.6 is 11.3 Å². The van der Waals surface area contributed by atoms with E-state index < -0.39 is 10.0 Å². The van der Waals surface area contributed by atoms with Gasteiger partial charge in [-0.1, -0.05) is 31.3 Å². The third-order valence-electron chi connectivity index (χ3n) is 6.95. The first kappa shape index (κ1) is 28.6. The minimum absolute atomic E-state index is 0.171. The van der Waals surface area contributed by atoms with Crippen molar-refractivity contribution in [2.24, 2.45) is 0 Å². The van der Waals surface area contributed by atoms with Crippen molar-refractivity contribution in [3.8, 4) is 0 Å². The van der Waals surface area contributed by atoms with Gasteiger partial charge in [0.1, 0.15) is 0 Å². The number of fused-ring (bicyclic) bond motifs is 1. The van der Waals surface area contributed by atoms with Crippen molar-refractivity contribution in [1.82, 2.24) is 14.2 Å². The van der Waals surface area contributed by atoms with Gasteiger partial charge in [-0.3, -0.25) is 9.69 Å². The summed E-state index contributed by atoms with van der Waals surface area (Å²) >= 11 is 1.51. The van der Waals surface area contributed by atoms with Gasteiger partial charge in [0.15, 0.2) is 5.13 Å². The molecule has 1 aliphatic rings. The number of nitrogens with zero attached hydrogens (tertiary/aromatic N) is 4. The number of carbonyl (C=O) groups is 1. The molecule has 1 fully saturated rings. The van der Waals surface area contributed by atoms with Crippen LogP contribution in [-0.4, -0.2) is 80.0 Å². The lowest BCUT2D eigenvalue weighted by atomic mass is 10.1. The first-order chi connectivity index (χ1) is 18.0. The Morgan fingerprint density at radius 1 is 1.05 bits per heavy atom. The predicted molar refractivity (Wildman–Crippen MR) is 154 cm³/mol. The molecule has 0 radical (unpaired) electrons. The number of aromatic nitrogens is 1. The zero-order chi connectivity index (χ0) is 27.6. The first-order valence-electron chi connectivity index (χ1n) is 13.2. The molecule has 1 aliphatic heterocycles. The van der Waals surface area contributed by atoms with Crippen molar-refractivity contribution in [1.29, 1.82) is 0 Å². The number of benzene rings is 2. The highest BCUT2D eigenvalue weighted by Gasteiger charge is 2.32. The Bertz CT molecular complexity index is 1370. The summed E-state index contributed by atoms with van der Waals surface area (Å²) in [7, 11) is -3.69. The minimum atomic E-state index is -3.69. The summed E-state index contributed by atoms with van der Waals surface area (Å²) in [6.07, 6.45) is -0.343. The number of hydrogen-bond donors (Lipinski definition) is 0. The molecule has 1 aromatic heterocycles. The van der Waals surface area contributed by atoms with Gasteiger partial charge in [-0.2, -0.15) is 4.31 Å². The number of amides is 1. The lowest BCUT2D eigenvalue weighted by Gasteiger charge is -2.34. The maximum atomic E-state index is 13.8. The van der Waals surface area contributed by atoms with Crippen molar-refractivity contribution in [3.63, 3.8) is 0 Å². The molecule has 8 nitrogen and oxygen atoms in total. The Morgan fingerprint density at radius 3 is 2.29 bits per heavy atom. The predicted octanol–water partition coefficient (Wildman–Crippen LogP) is 4.70. The summed E-state index contributed by atoms with van der Waals surface area (Å²) in [5, 5.41) is 0.652. The van der Waals surface area contributed by atoms with Gasteiger partial charge in [-0.05, 0) is 82.2 Å². The van der Waals surface area contributed by atoms with Gasteiger partial charge >= 0.3 is 0 Å². The van der Waals surface area contributed by atoms with E-state index in [0.29, 0.717) is 36.9 Å². The molecular weight excluding hydrogens is 520 g/mol. The van der Waals surface area contributed by atoms with Crippen LogP contribution in [0.2, 0.25) is 0 Å². The fraction of sp³-hybridized carbons (Fsp3) is 0.500. The largest absolute Gasteiger partial charge is 0.373 e. The van der Waals surface area contributed by atoms with Gasteiger partial charge in [-0.15, -0.1) is 0 Å². The molecule has 206 valence electrons. The lowest BCUT2D eigenvalue weighted by molar-refractivity contribution is -0.0440. The maximum Gasteiger partial charge on any atom is 0.260 e. The van der Waals surface area contributed by atoms with E-state index in [0.717, 1.165) is 34.4 Å². The van der Waals surface area contributed by atoms with Crippen LogP contribution in [0, 0.1) is 13.8 Å². The van der Waals surface area contributed by atoms with Gasteiger partial charge in [0.25, 0.3) is 5.91 Å². The average molecular weight is 559 g/mol. The quantitative estimate of drug-likeness (QED) is 0.379. The van der Waals surface area contributed by atoms with Crippen molar-refractivity contribution in [2.75, 3.05) is 44.2 Å². The SMILES string of the molecule is CCN(CC)CCN(C(=O)c1ccc(S(=O)(=O)N2CC(C)OC(C)C2)cc1)c1nc2c(C)cc(C)cc2s1. The van der Waals surface area contributed by atoms with Crippen molar-refractivity contribution in [2.45, 2.75) is 58.6 Å². The van der Waals surface area contributed by atoms with E-state index in [9.17, 15) is 13.2 Å². The third kappa shape index (κ3) is 6.10. The van der Waals surface area contributed by atoms with Crippen LogP contribution in [0.1, 0.15) is 49.2 Å². The fourth-order valence-electron chi connectivity index (χ4n) is 4.94. The molecule has 1 saturated heterocycles. The topological polar surface area (TPSA) is 83.1 Å². The van der Waals surface area contributed by atoms with E-state index in [2.05, 4.69) is 37.8 Å². The van der Waals surface area contributed by atoms with Gasteiger partial charge in [0, 0.05) is 31.7 Å². The lowest BCUT2D eigenvalue weighted by Crippen LogP contribution is -2.48. The van der Waals surface area contributed by atoms with Crippen LogP contribution in [-0.2, 0) is 14.8 Å². The number of morpholine rings is 1. The molecule has 2 aromatic carbocycles. The molecule has 2 heterocycles. The summed E-state index contributed by atoms with van der Waals surface area (Å²) < 4.78 is 34.8. The summed E-state index contributed by atoms with van der Waals surface area (Å²) in [5.41, 5.74) is 3.58. The Hall–Kier alpha value is -2.37. The van der Waals surface area contributed by atoms with Crippen molar-refractivity contribution in [3.05, 3.63) is 53.1 Å². The molecule has 0 spiro atoms. The van der Waals surface area contributed by atoms with Crippen LogP contribution in [0.25, 0.3) is 10.2 Å². The van der Waals surface area contributed by atoms with Crippen LogP contribution in [0.15, 0.2) is 41.3 Å². The fourth-order valence-corrected chi connectivity index (χ4v) is 7.70. The van der Waals surface area contributed by atoms with Crippen LogP contribution < -0.4 is 4.90 Å². The van der Waals surface area contributed by atoms with Crippen LogP contribution in [0.4, 0.5) is 5.13 Å². The summed E-state index contributed by atoms with van der Waals surface area (Å²) in [5.74, 6) is -0.192. The molecule has 38 heavy (non-hydrogen) atoms. The molecule has 2 unspecified atom stereocenters. The highest BCUT2D eigenvalue weighted by atomic mass is 32.2. The smallest absolute Gasteiger partial charge is 0.260 e. The highest BCUT2D eigenvalue weighted by molar-refractivity contribution is 7.89. The number of hydrogen-bond acceptors (Lipinski definition) is 7. The number of sulfonamides is 1. The van der Waals surface area contributed by atoms with E-state index in [1.165, 1.54) is 27.8 Å². The van der Waals surface area contributed by atoms with Gasteiger partial charge in [0.2, 0.25) is 10.0 Å².